The van der Waals surface area contributed by atoms with Crippen molar-refractivity contribution in [2.24, 2.45) is 5.73 Å². The first-order valence-corrected chi connectivity index (χ1v) is 4.94. The molecule has 0 aromatic carbocycles. The molecule has 4 nitrogen and oxygen atoms in total. The Morgan fingerprint density at radius 2 is 2.38 bits per heavy atom. The van der Waals surface area contributed by atoms with Crippen molar-refractivity contribution in [3.8, 4) is 0 Å². The lowest BCUT2D eigenvalue weighted by atomic mass is 10.1. The van der Waals surface area contributed by atoms with Crippen LogP contribution in [0.5, 0.6) is 0 Å². The van der Waals surface area contributed by atoms with Crippen molar-refractivity contribution >= 4 is 5.91 Å². The van der Waals surface area contributed by atoms with E-state index in [0.29, 0.717) is 12.6 Å². The predicted molar refractivity (Wildman–Crippen MR) is 52.3 cm³/mol. The second-order valence-corrected chi connectivity index (χ2v) is 3.51. The van der Waals surface area contributed by atoms with Crippen LogP contribution in [0.15, 0.2) is 0 Å². The Bertz CT molecular complexity index is 184. The van der Waals surface area contributed by atoms with Crippen molar-refractivity contribution in [1.82, 2.24) is 10.2 Å². The average molecular weight is 185 g/mol. The minimum absolute atomic E-state index is 0.0775. The number of nitrogens with zero attached hydrogens (tertiary/aromatic N) is 1. The summed E-state index contributed by atoms with van der Waals surface area (Å²) in [5.74, 6) is 0.0775. The van der Waals surface area contributed by atoms with Crippen molar-refractivity contribution < 1.29 is 4.79 Å². The van der Waals surface area contributed by atoms with E-state index in [0.717, 1.165) is 19.5 Å². The fourth-order valence-electron chi connectivity index (χ4n) is 1.92. The van der Waals surface area contributed by atoms with Gasteiger partial charge in [-0.3, -0.25) is 9.69 Å². The highest BCUT2D eigenvalue weighted by Crippen LogP contribution is 2.11. The Balaban J connectivity index is 2.75. The first kappa shape index (κ1) is 10.5. The fraction of sp³-hybridized carbons (Fsp3) is 0.889. The minimum Gasteiger partial charge on any atom is -0.355 e. The molecule has 1 heterocycles. The number of amides is 1. The molecule has 1 amide bonds. The Hall–Kier alpha value is -0.610. The van der Waals surface area contributed by atoms with E-state index in [1.165, 1.54) is 0 Å². The second kappa shape index (κ2) is 4.58. The van der Waals surface area contributed by atoms with Gasteiger partial charge in [0.05, 0.1) is 0 Å². The topological polar surface area (TPSA) is 58.4 Å². The predicted octanol–water partition coefficient (Wildman–Crippen LogP) is -0.456. The average Bonchev–Trinajstić information content (AvgIpc) is 2.25. The summed E-state index contributed by atoms with van der Waals surface area (Å²) in [5.41, 5.74) is 5.59. The van der Waals surface area contributed by atoms with Crippen LogP contribution < -0.4 is 11.1 Å². The molecular weight excluding hydrogens is 166 g/mol. The van der Waals surface area contributed by atoms with Gasteiger partial charge in [0.2, 0.25) is 5.91 Å². The zero-order valence-corrected chi connectivity index (χ0v) is 8.42. The highest BCUT2D eigenvalue weighted by atomic mass is 16.2. The van der Waals surface area contributed by atoms with Gasteiger partial charge in [-0.25, -0.2) is 0 Å². The molecule has 2 unspecified atom stereocenters. The largest absolute Gasteiger partial charge is 0.355 e. The molecule has 3 N–H and O–H groups in total. The molecule has 0 aliphatic carbocycles. The van der Waals surface area contributed by atoms with Crippen molar-refractivity contribution in [2.75, 3.05) is 19.6 Å². The van der Waals surface area contributed by atoms with Crippen molar-refractivity contribution in [3.05, 3.63) is 0 Å². The quantitative estimate of drug-likeness (QED) is 0.612. The molecule has 1 saturated heterocycles. The number of carbonyl (C=O) groups excluding carboxylic acids is 1. The van der Waals surface area contributed by atoms with E-state index in [2.05, 4.69) is 24.1 Å². The van der Waals surface area contributed by atoms with Gasteiger partial charge < -0.3 is 11.1 Å². The molecule has 1 fully saturated rings. The Morgan fingerprint density at radius 3 is 2.92 bits per heavy atom. The molecule has 76 valence electrons. The van der Waals surface area contributed by atoms with Gasteiger partial charge in [-0.05, 0) is 19.9 Å². The van der Waals surface area contributed by atoms with Gasteiger partial charge in [-0.15, -0.1) is 0 Å². The molecule has 13 heavy (non-hydrogen) atoms. The molecule has 1 aliphatic rings. The van der Waals surface area contributed by atoms with Gasteiger partial charge in [0.1, 0.15) is 6.04 Å². The molecule has 4 heteroatoms. The lowest BCUT2D eigenvalue weighted by molar-refractivity contribution is -0.125. The molecular formula is C9H19N3O. The normalized spacial score (nSPS) is 31.2. The van der Waals surface area contributed by atoms with Crippen LogP contribution in [0.1, 0.15) is 20.3 Å². The van der Waals surface area contributed by atoms with Crippen molar-refractivity contribution in [1.29, 1.82) is 0 Å². The summed E-state index contributed by atoms with van der Waals surface area (Å²) in [4.78, 5) is 13.7. The first-order chi connectivity index (χ1) is 6.20. The van der Waals surface area contributed by atoms with Gasteiger partial charge in [-0.2, -0.15) is 0 Å². The number of rotatable bonds is 2. The van der Waals surface area contributed by atoms with Crippen LogP contribution >= 0.6 is 0 Å². The summed E-state index contributed by atoms with van der Waals surface area (Å²) < 4.78 is 0. The standard InChI is InChI=1S/C9H19N3O/c1-3-12-7(2)4-5-11-9(13)8(12)6-10/h7-8H,3-6,10H2,1-2H3,(H,11,13). The molecule has 0 bridgehead atoms. The molecule has 0 spiro atoms. The van der Waals surface area contributed by atoms with E-state index in [1.807, 2.05) is 0 Å². The van der Waals surface area contributed by atoms with Crippen LogP contribution in [0.4, 0.5) is 0 Å². The number of nitrogens with one attached hydrogen (secondary N) is 1. The summed E-state index contributed by atoms with van der Waals surface area (Å²) >= 11 is 0. The van der Waals surface area contributed by atoms with E-state index in [1.54, 1.807) is 0 Å². The molecule has 1 rings (SSSR count). The number of hydrogen-bond donors (Lipinski definition) is 2. The van der Waals surface area contributed by atoms with E-state index in [-0.39, 0.29) is 11.9 Å². The maximum atomic E-state index is 11.5. The highest BCUT2D eigenvalue weighted by molar-refractivity contribution is 5.82. The molecule has 1 aliphatic heterocycles. The summed E-state index contributed by atoms with van der Waals surface area (Å²) in [6, 6.07) is 0.306. The third-order valence-corrected chi connectivity index (χ3v) is 2.72. The molecule has 0 saturated carbocycles. The van der Waals surface area contributed by atoms with Crippen LogP contribution in [-0.4, -0.2) is 42.5 Å². The van der Waals surface area contributed by atoms with Crippen LogP contribution in [-0.2, 0) is 4.79 Å². The van der Waals surface area contributed by atoms with Crippen LogP contribution in [0.3, 0.4) is 0 Å². The van der Waals surface area contributed by atoms with Gasteiger partial charge in [-0.1, -0.05) is 6.92 Å². The summed E-state index contributed by atoms with van der Waals surface area (Å²) in [5, 5.41) is 2.88. The Morgan fingerprint density at radius 1 is 1.69 bits per heavy atom. The summed E-state index contributed by atoms with van der Waals surface area (Å²) in [6.45, 7) is 6.28. The maximum Gasteiger partial charge on any atom is 0.238 e. The summed E-state index contributed by atoms with van der Waals surface area (Å²) in [6.07, 6.45) is 1.01. The summed E-state index contributed by atoms with van der Waals surface area (Å²) in [7, 11) is 0. The fourth-order valence-corrected chi connectivity index (χ4v) is 1.92. The molecule has 2 atom stereocenters. The smallest absolute Gasteiger partial charge is 0.238 e. The number of carbonyl (C=O) groups is 1. The Kier molecular flexibility index (Phi) is 3.69. The molecule has 0 aromatic heterocycles. The van der Waals surface area contributed by atoms with Gasteiger partial charge >= 0.3 is 0 Å². The molecule has 0 aromatic rings. The third-order valence-electron chi connectivity index (χ3n) is 2.72. The maximum absolute atomic E-state index is 11.5. The van der Waals surface area contributed by atoms with E-state index in [4.69, 9.17) is 5.73 Å². The highest BCUT2D eigenvalue weighted by Gasteiger charge is 2.29. The lowest BCUT2D eigenvalue weighted by Crippen LogP contribution is -2.50. The van der Waals surface area contributed by atoms with Crippen LogP contribution in [0.25, 0.3) is 0 Å². The minimum atomic E-state index is -0.137. The first-order valence-electron chi connectivity index (χ1n) is 4.94. The monoisotopic (exact) mass is 185 g/mol. The van der Waals surface area contributed by atoms with E-state index in [9.17, 15) is 4.79 Å². The van der Waals surface area contributed by atoms with Gasteiger partial charge in [0.25, 0.3) is 0 Å². The van der Waals surface area contributed by atoms with Gasteiger partial charge in [0, 0.05) is 19.1 Å². The Labute approximate surface area is 79.5 Å². The van der Waals surface area contributed by atoms with Crippen LogP contribution in [0, 0.1) is 0 Å². The second-order valence-electron chi connectivity index (χ2n) is 3.51. The van der Waals surface area contributed by atoms with Crippen molar-refractivity contribution in [2.45, 2.75) is 32.4 Å². The van der Waals surface area contributed by atoms with Crippen molar-refractivity contribution in [3.63, 3.8) is 0 Å². The SMILES string of the molecule is CCN1C(C)CCNC(=O)C1CN. The van der Waals surface area contributed by atoms with E-state index < -0.39 is 0 Å². The lowest BCUT2D eigenvalue weighted by Gasteiger charge is -2.30. The van der Waals surface area contributed by atoms with Gasteiger partial charge in [0.15, 0.2) is 0 Å². The number of nitrogens with two attached hydrogens (primary N) is 1. The zero-order valence-electron chi connectivity index (χ0n) is 8.42. The molecule has 0 radical (unpaired) electrons. The number of likely N-dealkylation sites (N-methyl/N-ethyl adjacent to an activating group) is 1. The number of hydrogen-bond acceptors (Lipinski definition) is 3. The zero-order chi connectivity index (χ0) is 9.84. The third kappa shape index (κ3) is 2.19. The van der Waals surface area contributed by atoms with E-state index >= 15 is 0 Å². The van der Waals surface area contributed by atoms with Crippen LogP contribution in [0.2, 0.25) is 0 Å².